The van der Waals surface area contributed by atoms with Crippen molar-refractivity contribution in [3.63, 3.8) is 0 Å². The van der Waals surface area contributed by atoms with E-state index in [4.69, 9.17) is 14.8 Å². The average molecular weight is 319 g/mol. The summed E-state index contributed by atoms with van der Waals surface area (Å²) < 4.78 is 62.3. The van der Waals surface area contributed by atoms with E-state index < -0.39 is 41.5 Å². The van der Waals surface area contributed by atoms with E-state index in [1.54, 1.807) is 0 Å². The molecule has 5 N–H and O–H groups in total. The Bertz CT molecular complexity index is 916. The number of hydrogen-bond acceptors (Lipinski definition) is 6. The van der Waals surface area contributed by atoms with Gasteiger partial charge in [0.15, 0.2) is 0 Å². The van der Waals surface area contributed by atoms with Crippen molar-refractivity contribution in [3.8, 4) is 5.75 Å². The maximum atomic E-state index is 11.1. The number of benzene rings is 2. The van der Waals surface area contributed by atoms with Crippen LogP contribution in [0.25, 0.3) is 10.8 Å². The van der Waals surface area contributed by atoms with Gasteiger partial charge in [-0.25, -0.2) is 0 Å². The fourth-order valence-corrected chi connectivity index (χ4v) is 2.91. The van der Waals surface area contributed by atoms with Crippen LogP contribution < -0.4 is 5.73 Å². The predicted octanol–water partition coefficient (Wildman–Crippen LogP) is 0.621. The van der Waals surface area contributed by atoms with Gasteiger partial charge in [0.1, 0.15) is 10.6 Å². The molecule has 0 aliphatic heterocycles. The van der Waals surface area contributed by atoms with Gasteiger partial charge >= 0.3 is 0 Å². The number of phenols is 1. The topological polar surface area (TPSA) is 155 Å². The molecule has 20 heavy (non-hydrogen) atoms. The Hall–Kier alpha value is -1.88. The van der Waals surface area contributed by atoms with Crippen LogP contribution in [-0.2, 0) is 20.2 Å². The van der Waals surface area contributed by atoms with E-state index in [-0.39, 0.29) is 10.8 Å². The van der Waals surface area contributed by atoms with Crippen molar-refractivity contribution in [2.75, 3.05) is 5.73 Å². The van der Waals surface area contributed by atoms with Crippen molar-refractivity contribution >= 4 is 36.7 Å². The zero-order valence-electron chi connectivity index (χ0n) is 9.68. The van der Waals surface area contributed by atoms with Crippen LogP contribution in [0.15, 0.2) is 34.1 Å². The Morgan fingerprint density at radius 2 is 1.50 bits per heavy atom. The maximum absolute atomic E-state index is 11.1. The monoisotopic (exact) mass is 319 g/mol. The second kappa shape index (κ2) is 4.31. The summed E-state index contributed by atoms with van der Waals surface area (Å²) in [5.74, 6) is -0.510. The quantitative estimate of drug-likeness (QED) is 0.356. The molecule has 0 saturated carbocycles. The SMILES string of the molecule is Nc1c(S(=O)(=O)O)cc(O)c2ccc(S(=O)(=O)O)cc12. The molecule has 0 aromatic heterocycles. The predicted molar refractivity (Wildman–Crippen MR) is 69.7 cm³/mol. The molecule has 0 fully saturated rings. The Labute approximate surface area is 114 Å². The smallest absolute Gasteiger partial charge is 0.296 e. The van der Waals surface area contributed by atoms with Crippen LogP contribution in [0.1, 0.15) is 0 Å². The maximum Gasteiger partial charge on any atom is 0.296 e. The van der Waals surface area contributed by atoms with Crippen LogP contribution in [0, 0.1) is 0 Å². The van der Waals surface area contributed by atoms with E-state index in [1.165, 1.54) is 0 Å². The Balaban J connectivity index is 2.97. The molecule has 0 atom stereocenters. The zero-order chi connectivity index (χ0) is 15.3. The number of nitrogen functional groups attached to an aromatic ring is 1. The van der Waals surface area contributed by atoms with E-state index in [2.05, 4.69) is 0 Å². The molecule has 8 nitrogen and oxygen atoms in total. The standard InChI is InChI=1S/C10H9NO7S2/c11-10-7-3-5(19(13,14)15)1-2-6(7)8(12)4-9(10)20(16,17)18/h1-4,12H,11H2,(H,13,14,15)(H,16,17,18). The Morgan fingerprint density at radius 3 is 2.00 bits per heavy atom. The lowest BCUT2D eigenvalue weighted by Gasteiger charge is -2.10. The molecule has 0 saturated heterocycles. The molecule has 108 valence electrons. The molecule has 0 radical (unpaired) electrons. The van der Waals surface area contributed by atoms with E-state index in [9.17, 15) is 21.9 Å². The third kappa shape index (κ3) is 2.41. The average Bonchev–Trinajstić information content (AvgIpc) is 2.30. The van der Waals surface area contributed by atoms with Crippen molar-refractivity contribution in [2.45, 2.75) is 9.79 Å². The van der Waals surface area contributed by atoms with Crippen LogP contribution >= 0.6 is 0 Å². The summed E-state index contributed by atoms with van der Waals surface area (Å²) in [7, 11) is -9.21. The highest BCUT2D eigenvalue weighted by Gasteiger charge is 2.20. The summed E-state index contributed by atoms with van der Waals surface area (Å²) in [4.78, 5) is -1.28. The summed E-state index contributed by atoms with van der Waals surface area (Å²) in [5, 5.41) is 9.63. The van der Waals surface area contributed by atoms with Crippen molar-refractivity contribution in [1.82, 2.24) is 0 Å². The van der Waals surface area contributed by atoms with Gasteiger partial charge in [-0.05, 0) is 18.2 Å². The van der Waals surface area contributed by atoms with E-state index in [0.29, 0.717) is 0 Å². The molecule has 0 heterocycles. The van der Waals surface area contributed by atoms with Gasteiger partial charge in [0.05, 0.1) is 10.6 Å². The molecular weight excluding hydrogens is 310 g/mol. The van der Waals surface area contributed by atoms with Crippen LogP contribution in [0.4, 0.5) is 5.69 Å². The first-order valence-electron chi connectivity index (χ1n) is 5.02. The van der Waals surface area contributed by atoms with Gasteiger partial charge in [0.25, 0.3) is 20.2 Å². The Kier molecular flexibility index (Phi) is 3.13. The number of hydrogen-bond donors (Lipinski definition) is 4. The lowest BCUT2D eigenvalue weighted by Crippen LogP contribution is -2.04. The summed E-state index contributed by atoms with van der Waals surface area (Å²) >= 11 is 0. The van der Waals surface area contributed by atoms with Crippen LogP contribution in [-0.4, -0.2) is 31.0 Å². The lowest BCUT2D eigenvalue weighted by molar-refractivity contribution is 0.471. The van der Waals surface area contributed by atoms with Gasteiger partial charge in [-0.3, -0.25) is 9.11 Å². The molecule has 0 bridgehead atoms. The van der Waals surface area contributed by atoms with E-state index >= 15 is 0 Å². The second-order valence-corrected chi connectivity index (χ2v) is 6.78. The molecule has 2 aromatic carbocycles. The molecule has 10 heteroatoms. The lowest BCUT2D eigenvalue weighted by atomic mass is 10.1. The van der Waals surface area contributed by atoms with E-state index in [0.717, 1.165) is 24.3 Å². The molecule has 0 aliphatic rings. The number of fused-ring (bicyclic) bond motifs is 1. The summed E-state index contributed by atoms with van der Waals surface area (Å²) in [6, 6.07) is 3.82. The normalized spacial score (nSPS) is 12.7. The van der Waals surface area contributed by atoms with Gasteiger partial charge in [0, 0.05) is 16.8 Å². The number of phenolic OH excluding ortho intramolecular Hbond substituents is 1. The first kappa shape index (κ1) is 14.5. The highest BCUT2D eigenvalue weighted by atomic mass is 32.2. The zero-order valence-corrected chi connectivity index (χ0v) is 11.3. The van der Waals surface area contributed by atoms with Crippen LogP contribution in [0.2, 0.25) is 0 Å². The van der Waals surface area contributed by atoms with Gasteiger partial charge < -0.3 is 10.8 Å². The summed E-state index contributed by atoms with van der Waals surface area (Å²) in [6.45, 7) is 0. The molecular formula is C10H9NO7S2. The molecule has 2 aromatic rings. The highest BCUT2D eigenvalue weighted by molar-refractivity contribution is 7.86. The molecule has 0 spiro atoms. The largest absolute Gasteiger partial charge is 0.507 e. The molecule has 2 rings (SSSR count). The summed E-state index contributed by atoms with van der Waals surface area (Å²) in [6.07, 6.45) is 0. The Morgan fingerprint density at radius 1 is 0.900 bits per heavy atom. The minimum absolute atomic E-state index is 0.0716. The van der Waals surface area contributed by atoms with Crippen LogP contribution in [0.5, 0.6) is 5.75 Å². The third-order valence-electron chi connectivity index (χ3n) is 2.67. The number of anilines is 1. The third-order valence-corrected chi connectivity index (χ3v) is 4.41. The van der Waals surface area contributed by atoms with Gasteiger partial charge in [-0.2, -0.15) is 16.8 Å². The number of aromatic hydroxyl groups is 1. The fraction of sp³-hybridized carbons (Fsp3) is 0. The second-order valence-electron chi connectivity index (χ2n) is 3.97. The number of rotatable bonds is 2. The molecule has 0 aliphatic carbocycles. The van der Waals surface area contributed by atoms with Crippen molar-refractivity contribution in [3.05, 3.63) is 24.3 Å². The van der Waals surface area contributed by atoms with E-state index in [1.807, 2.05) is 0 Å². The van der Waals surface area contributed by atoms with Gasteiger partial charge in [-0.15, -0.1) is 0 Å². The first-order valence-corrected chi connectivity index (χ1v) is 7.90. The minimum Gasteiger partial charge on any atom is -0.507 e. The van der Waals surface area contributed by atoms with Crippen LogP contribution in [0.3, 0.4) is 0 Å². The highest BCUT2D eigenvalue weighted by Crippen LogP contribution is 2.36. The van der Waals surface area contributed by atoms with Gasteiger partial charge in [0.2, 0.25) is 0 Å². The fourth-order valence-electron chi connectivity index (χ4n) is 1.76. The minimum atomic E-state index is -4.69. The molecule has 0 amide bonds. The molecule has 0 unspecified atom stereocenters. The van der Waals surface area contributed by atoms with Crippen molar-refractivity contribution in [2.24, 2.45) is 0 Å². The first-order chi connectivity index (χ1) is 9.01. The summed E-state index contributed by atoms with van der Waals surface area (Å²) in [5.41, 5.74) is 5.12. The van der Waals surface area contributed by atoms with Gasteiger partial charge in [-0.1, -0.05) is 0 Å². The van der Waals surface area contributed by atoms with Crippen molar-refractivity contribution in [1.29, 1.82) is 0 Å². The number of nitrogens with two attached hydrogens (primary N) is 1. The van der Waals surface area contributed by atoms with Crippen molar-refractivity contribution < 1.29 is 31.0 Å².